The van der Waals surface area contributed by atoms with Crippen molar-refractivity contribution in [2.45, 2.75) is 44.8 Å². The van der Waals surface area contributed by atoms with Gasteiger partial charge in [-0.05, 0) is 66.8 Å². The number of anilines is 1. The smallest absolute Gasteiger partial charge is 0.490 e. The number of ether oxygens (including phenoxy) is 1. The third kappa shape index (κ3) is 5.00. The number of halogens is 3. The largest absolute Gasteiger partial charge is 0.493 e. The molecule has 1 aromatic carbocycles. The number of alkyl halides is 3. The summed E-state index contributed by atoms with van der Waals surface area (Å²) in [4.78, 5) is 31.8. The molecule has 40 heavy (non-hydrogen) atoms. The minimum Gasteiger partial charge on any atom is -0.493 e. The van der Waals surface area contributed by atoms with E-state index in [0.29, 0.717) is 19.1 Å². The van der Waals surface area contributed by atoms with Gasteiger partial charge in [0.15, 0.2) is 5.82 Å². The highest BCUT2D eigenvalue weighted by Gasteiger charge is 2.50. The molecule has 1 N–H and O–H groups in total. The van der Waals surface area contributed by atoms with Gasteiger partial charge >= 0.3 is 12.1 Å². The SMILES string of the molecule is CC(C)CCN1c2cccnc2-n2cccc2C12CCN(C(=O)c1ccc3c(c1)CCO3)C2.O=C(O)C(F)(F)F. The Labute approximate surface area is 230 Å². The van der Waals surface area contributed by atoms with E-state index in [2.05, 4.69) is 47.7 Å². The molecule has 1 unspecified atom stereocenters. The molecule has 0 saturated carbocycles. The summed E-state index contributed by atoms with van der Waals surface area (Å²) in [6.45, 7) is 7.60. The van der Waals surface area contributed by atoms with Gasteiger partial charge in [0, 0.05) is 44.0 Å². The van der Waals surface area contributed by atoms with Gasteiger partial charge in [-0.2, -0.15) is 13.2 Å². The lowest BCUT2D eigenvalue weighted by Crippen LogP contribution is -2.53. The number of carboxylic acid groups (broad SMARTS) is 1. The average molecular weight is 557 g/mol. The van der Waals surface area contributed by atoms with E-state index >= 15 is 0 Å². The Bertz CT molecular complexity index is 1420. The van der Waals surface area contributed by atoms with Crippen LogP contribution < -0.4 is 9.64 Å². The zero-order valence-corrected chi connectivity index (χ0v) is 22.3. The lowest BCUT2D eigenvalue weighted by atomic mass is 9.88. The Hall–Kier alpha value is -4.02. The van der Waals surface area contributed by atoms with E-state index in [9.17, 15) is 18.0 Å². The number of nitrogens with zero attached hydrogens (tertiary/aromatic N) is 4. The maximum absolute atomic E-state index is 13.6. The van der Waals surface area contributed by atoms with Gasteiger partial charge in [-0.25, -0.2) is 9.78 Å². The first kappa shape index (κ1) is 27.5. The van der Waals surface area contributed by atoms with Crippen LogP contribution in [0.4, 0.5) is 18.9 Å². The second-order valence-electron chi connectivity index (χ2n) is 10.7. The topological polar surface area (TPSA) is 87.9 Å². The molecular formula is C29H31F3N4O4. The monoisotopic (exact) mass is 556 g/mol. The predicted molar refractivity (Wildman–Crippen MR) is 142 cm³/mol. The summed E-state index contributed by atoms with van der Waals surface area (Å²) < 4.78 is 39.6. The van der Waals surface area contributed by atoms with Crippen molar-refractivity contribution < 1.29 is 32.6 Å². The molecule has 212 valence electrons. The normalized spacial score (nSPS) is 19.1. The third-order valence-electron chi connectivity index (χ3n) is 7.67. The molecule has 2 aromatic heterocycles. The highest BCUT2D eigenvalue weighted by molar-refractivity contribution is 5.95. The molecule has 3 aliphatic heterocycles. The fourth-order valence-corrected chi connectivity index (χ4v) is 5.72. The van der Waals surface area contributed by atoms with Crippen molar-refractivity contribution in [3.63, 3.8) is 0 Å². The summed E-state index contributed by atoms with van der Waals surface area (Å²) in [6.07, 6.45) is 1.76. The average Bonchev–Trinajstić information content (AvgIpc) is 3.68. The van der Waals surface area contributed by atoms with Crippen molar-refractivity contribution in [2.75, 3.05) is 31.1 Å². The molecule has 8 nitrogen and oxygen atoms in total. The molecule has 0 bridgehead atoms. The molecule has 1 fully saturated rings. The van der Waals surface area contributed by atoms with Crippen LogP contribution in [0, 0.1) is 5.92 Å². The lowest BCUT2D eigenvalue weighted by molar-refractivity contribution is -0.192. The fourth-order valence-electron chi connectivity index (χ4n) is 5.72. The van der Waals surface area contributed by atoms with E-state index in [4.69, 9.17) is 19.6 Å². The van der Waals surface area contributed by atoms with Gasteiger partial charge in [0.25, 0.3) is 5.91 Å². The first-order valence-electron chi connectivity index (χ1n) is 13.3. The van der Waals surface area contributed by atoms with Gasteiger partial charge in [0.05, 0.1) is 18.0 Å². The first-order valence-corrected chi connectivity index (χ1v) is 13.3. The van der Waals surface area contributed by atoms with Crippen LogP contribution in [0.5, 0.6) is 5.75 Å². The van der Waals surface area contributed by atoms with E-state index in [-0.39, 0.29) is 11.4 Å². The number of rotatable bonds is 4. The number of pyridine rings is 1. The predicted octanol–water partition coefficient (Wildman–Crippen LogP) is 5.05. The van der Waals surface area contributed by atoms with Crippen molar-refractivity contribution in [1.82, 2.24) is 14.5 Å². The zero-order chi connectivity index (χ0) is 28.7. The molecule has 1 atom stereocenters. The van der Waals surface area contributed by atoms with Crippen molar-refractivity contribution >= 4 is 17.6 Å². The van der Waals surface area contributed by atoms with Crippen molar-refractivity contribution in [3.05, 3.63) is 71.7 Å². The Kier molecular flexibility index (Phi) is 7.24. The third-order valence-corrected chi connectivity index (χ3v) is 7.67. The molecule has 0 aliphatic carbocycles. The summed E-state index contributed by atoms with van der Waals surface area (Å²) in [5.41, 5.74) is 4.04. The summed E-state index contributed by atoms with van der Waals surface area (Å²) >= 11 is 0. The second-order valence-corrected chi connectivity index (χ2v) is 10.7. The Morgan fingerprint density at radius 2 is 1.95 bits per heavy atom. The molecule has 1 amide bonds. The lowest BCUT2D eigenvalue weighted by Gasteiger charge is -2.47. The highest BCUT2D eigenvalue weighted by atomic mass is 19.4. The molecule has 5 heterocycles. The molecule has 0 radical (unpaired) electrons. The van der Waals surface area contributed by atoms with E-state index in [1.807, 2.05) is 35.4 Å². The Morgan fingerprint density at radius 3 is 2.67 bits per heavy atom. The number of hydrogen-bond acceptors (Lipinski definition) is 5. The zero-order valence-electron chi connectivity index (χ0n) is 22.3. The second kappa shape index (κ2) is 10.5. The highest BCUT2D eigenvalue weighted by Crippen LogP contribution is 2.47. The first-order chi connectivity index (χ1) is 19.0. The van der Waals surface area contributed by atoms with Crippen molar-refractivity contribution in [2.24, 2.45) is 5.92 Å². The number of aliphatic carboxylic acids is 1. The van der Waals surface area contributed by atoms with Gasteiger partial charge in [-0.3, -0.25) is 4.79 Å². The molecule has 3 aliphatic rings. The summed E-state index contributed by atoms with van der Waals surface area (Å²) in [7, 11) is 0. The number of carbonyl (C=O) groups excluding carboxylic acids is 1. The number of hydrogen-bond donors (Lipinski definition) is 1. The van der Waals surface area contributed by atoms with E-state index in [1.54, 1.807) is 0 Å². The Morgan fingerprint density at radius 1 is 1.18 bits per heavy atom. The fraction of sp³-hybridized carbons (Fsp3) is 0.414. The van der Waals surface area contributed by atoms with E-state index < -0.39 is 12.1 Å². The van der Waals surface area contributed by atoms with Gasteiger partial charge < -0.3 is 24.2 Å². The Balaban J connectivity index is 0.000000411. The molecular weight excluding hydrogens is 525 g/mol. The van der Waals surface area contributed by atoms with E-state index in [1.165, 1.54) is 5.69 Å². The van der Waals surface area contributed by atoms with Crippen molar-refractivity contribution in [1.29, 1.82) is 0 Å². The van der Waals surface area contributed by atoms with Crippen LogP contribution in [-0.4, -0.2) is 63.9 Å². The number of benzene rings is 1. The number of amides is 1. The van der Waals surface area contributed by atoms with Crippen LogP contribution in [0.15, 0.2) is 54.9 Å². The maximum atomic E-state index is 13.6. The molecule has 1 spiro atoms. The minimum absolute atomic E-state index is 0.112. The number of carbonyl (C=O) groups is 2. The summed E-state index contributed by atoms with van der Waals surface area (Å²) in [6, 6.07) is 14.4. The number of carboxylic acids is 1. The standard InChI is InChI=1S/C27H30N4O2.C2HF3O2/c1-19(2)9-14-31-22-5-3-12-28-25(22)30-13-4-6-24(30)27(31)11-15-29(18-27)26(32)21-7-8-23-20(17-21)10-16-33-23;3-2(4,5)1(6)7/h3-8,12-13,17,19H,9-11,14-16,18H2,1-2H3;(H,6,7). The van der Waals surface area contributed by atoms with Gasteiger partial charge in [0.1, 0.15) is 11.3 Å². The number of aromatic nitrogens is 2. The molecule has 6 rings (SSSR count). The summed E-state index contributed by atoms with van der Waals surface area (Å²) in [5.74, 6) is -0.148. The van der Waals surface area contributed by atoms with Gasteiger partial charge in [-0.1, -0.05) is 13.8 Å². The number of likely N-dealkylation sites (tertiary alicyclic amines) is 1. The molecule has 3 aromatic rings. The van der Waals surface area contributed by atoms with Crippen molar-refractivity contribution in [3.8, 4) is 11.6 Å². The molecule has 1 saturated heterocycles. The van der Waals surface area contributed by atoms with Crippen LogP contribution in [0.2, 0.25) is 0 Å². The van der Waals surface area contributed by atoms with Crippen LogP contribution in [0.25, 0.3) is 5.82 Å². The van der Waals surface area contributed by atoms with Crippen LogP contribution in [0.3, 0.4) is 0 Å². The van der Waals surface area contributed by atoms with Crippen LogP contribution in [-0.2, 0) is 16.8 Å². The van der Waals surface area contributed by atoms with Gasteiger partial charge in [0.2, 0.25) is 0 Å². The van der Waals surface area contributed by atoms with Crippen LogP contribution >= 0.6 is 0 Å². The van der Waals surface area contributed by atoms with Crippen LogP contribution in [0.1, 0.15) is 48.3 Å². The van der Waals surface area contributed by atoms with E-state index in [0.717, 1.165) is 60.7 Å². The van der Waals surface area contributed by atoms with Gasteiger partial charge in [-0.15, -0.1) is 0 Å². The summed E-state index contributed by atoms with van der Waals surface area (Å²) in [5, 5.41) is 7.12. The quantitative estimate of drug-likeness (QED) is 0.484. The minimum atomic E-state index is -5.08. The maximum Gasteiger partial charge on any atom is 0.490 e. The number of fused-ring (bicyclic) bond motifs is 5. The molecule has 11 heteroatoms.